The number of nitrogens with two attached hydrogens (primary N) is 1. The third kappa shape index (κ3) is 1.53. The minimum Gasteiger partial charge on any atom is -0.489 e. The SMILES string of the molecule is NCC1C[C@@H](O)c2ccccc2O1. The molecule has 0 aliphatic carbocycles. The van der Waals surface area contributed by atoms with Crippen molar-refractivity contribution in [2.75, 3.05) is 6.54 Å². The number of aliphatic hydroxyl groups is 1. The smallest absolute Gasteiger partial charge is 0.125 e. The normalized spacial score (nSPS) is 26.3. The van der Waals surface area contributed by atoms with Gasteiger partial charge in [-0.05, 0) is 6.07 Å². The second-order valence-electron chi connectivity index (χ2n) is 3.26. The lowest BCUT2D eigenvalue weighted by Crippen LogP contribution is -2.32. The van der Waals surface area contributed by atoms with E-state index in [0.29, 0.717) is 13.0 Å². The van der Waals surface area contributed by atoms with Gasteiger partial charge in [-0.1, -0.05) is 18.2 Å². The zero-order chi connectivity index (χ0) is 9.26. The molecule has 3 nitrogen and oxygen atoms in total. The van der Waals surface area contributed by atoms with E-state index in [0.717, 1.165) is 11.3 Å². The van der Waals surface area contributed by atoms with Gasteiger partial charge in [-0.25, -0.2) is 0 Å². The molecule has 1 aromatic rings. The highest BCUT2D eigenvalue weighted by Gasteiger charge is 2.25. The Morgan fingerprint density at radius 3 is 3.00 bits per heavy atom. The van der Waals surface area contributed by atoms with E-state index in [1.54, 1.807) is 0 Å². The van der Waals surface area contributed by atoms with Gasteiger partial charge in [0.2, 0.25) is 0 Å². The number of hydrogen-bond donors (Lipinski definition) is 2. The van der Waals surface area contributed by atoms with E-state index in [1.807, 2.05) is 24.3 Å². The van der Waals surface area contributed by atoms with Crippen molar-refractivity contribution in [1.29, 1.82) is 0 Å². The van der Waals surface area contributed by atoms with Crippen LogP contribution in [0.2, 0.25) is 0 Å². The van der Waals surface area contributed by atoms with Crippen molar-refractivity contribution in [3.8, 4) is 5.75 Å². The molecule has 0 aromatic heterocycles. The first-order valence-electron chi connectivity index (χ1n) is 4.45. The number of aliphatic hydroxyl groups excluding tert-OH is 1. The molecule has 0 amide bonds. The zero-order valence-corrected chi connectivity index (χ0v) is 7.31. The lowest BCUT2D eigenvalue weighted by atomic mass is 9.99. The summed E-state index contributed by atoms with van der Waals surface area (Å²) in [5.41, 5.74) is 6.35. The predicted octanol–water partition coefficient (Wildman–Crippen LogP) is 0.830. The number of benzene rings is 1. The summed E-state index contributed by atoms with van der Waals surface area (Å²) in [6.45, 7) is 0.450. The van der Waals surface area contributed by atoms with Gasteiger partial charge in [0, 0.05) is 18.5 Å². The molecule has 0 bridgehead atoms. The lowest BCUT2D eigenvalue weighted by molar-refractivity contribution is 0.0701. The highest BCUT2D eigenvalue weighted by molar-refractivity contribution is 5.36. The van der Waals surface area contributed by atoms with Crippen molar-refractivity contribution in [3.63, 3.8) is 0 Å². The summed E-state index contributed by atoms with van der Waals surface area (Å²) < 4.78 is 5.57. The van der Waals surface area contributed by atoms with Crippen LogP contribution in [0.15, 0.2) is 24.3 Å². The average molecular weight is 179 g/mol. The fourth-order valence-electron chi connectivity index (χ4n) is 1.61. The lowest BCUT2D eigenvalue weighted by Gasteiger charge is -2.28. The maximum atomic E-state index is 9.73. The van der Waals surface area contributed by atoms with Crippen LogP contribution in [0.1, 0.15) is 18.1 Å². The van der Waals surface area contributed by atoms with E-state index in [1.165, 1.54) is 0 Å². The molecule has 0 radical (unpaired) electrons. The van der Waals surface area contributed by atoms with Crippen molar-refractivity contribution in [2.45, 2.75) is 18.6 Å². The molecular weight excluding hydrogens is 166 g/mol. The van der Waals surface area contributed by atoms with Crippen molar-refractivity contribution in [3.05, 3.63) is 29.8 Å². The Morgan fingerprint density at radius 1 is 1.46 bits per heavy atom. The van der Waals surface area contributed by atoms with Crippen LogP contribution in [-0.4, -0.2) is 17.8 Å². The molecule has 0 saturated heterocycles. The highest BCUT2D eigenvalue weighted by atomic mass is 16.5. The third-order valence-electron chi connectivity index (χ3n) is 2.32. The van der Waals surface area contributed by atoms with Gasteiger partial charge in [-0.2, -0.15) is 0 Å². The van der Waals surface area contributed by atoms with E-state index in [9.17, 15) is 5.11 Å². The van der Waals surface area contributed by atoms with Gasteiger partial charge in [0.25, 0.3) is 0 Å². The summed E-state index contributed by atoms with van der Waals surface area (Å²) >= 11 is 0. The van der Waals surface area contributed by atoms with Crippen molar-refractivity contribution in [2.24, 2.45) is 5.73 Å². The Hall–Kier alpha value is -1.06. The maximum Gasteiger partial charge on any atom is 0.125 e. The number of hydrogen-bond acceptors (Lipinski definition) is 3. The monoisotopic (exact) mass is 179 g/mol. The Balaban J connectivity index is 2.31. The largest absolute Gasteiger partial charge is 0.489 e. The number of ether oxygens (including phenoxy) is 1. The van der Waals surface area contributed by atoms with Gasteiger partial charge in [-0.15, -0.1) is 0 Å². The van der Waals surface area contributed by atoms with E-state index < -0.39 is 6.10 Å². The number of fused-ring (bicyclic) bond motifs is 1. The molecule has 2 atom stereocenters. The molecule has 1 unspecified atom stereocenters. The minimum absolute atomic E-state index is 0.0510. The number of rotatable bonds is 1. The molecule has 0 spiro atoms. The third-order valence-corrected chi connectivity index (χ3v) is 2.32. The average Bonchev–Trinajstić information content (AvgIpc) is 2.18. The fraction of sp³-hybridized carbons (Fsp3) is 0.400. The second kappa shape index (κ2) is 3.36. The molecular formula is C10H13NO2. The summed E-state index contributed by atoms with van der Waals surface area (Å²) in [6, 6.07) is 7.53. The van der Waals surface area contributed by atoms with Gasteiger partial charge in [0.05, 0.1) is 6.10 Å². The zero-order valence-electron chi connectivity index (χ0n) is 7.31. The molecule has 1 heterocycles. The van der Waals surface area contributed by atoms with Gasteiger partial charge in [0.1, 0.15) is 11.9 Å². The second-order valence-corrected chi connectivity index (χ2v) is 3.26. The molecule has 1 aliphatic rings. The van der Waals surface area contributed by atoms with Crippen molar-refractivity contribution < 1.29 is 9.84 Å². The first-order chi connectivity index (χ1) is 6.31. The molecule has 0 saturated carbocycles. The molecule has 0 fully saturated rings. The Morgan fingerprint density at radius 2 is 2.23 bits per heavy atom. The van der Waals surface area contributed by atoms with Crippen molar-refractivity contribution in [1.82, 2.24) is 0 Å². The van der Waals surface area contributed by atoms with Gasteiger partial charge in [-0.3, -0.25) is 0 Å². The predicted molar refractivity (Wildman–Crippen MR) is 49.5 cm³/mol. The number of para-hydroxylation sites is 1. The quantitative estimate of drug-likeness (QED) is 0.671. The summed E-state index contributed by atoms with van der Waals surface area (Å²) in [4.78, 5) is 0. The van der Waals surface area contributed by atoms with Crippen LogP contribution in [0.25, 0.3) is 0 Å². The Kier molecular flexibility index (Phi) is 2.20. The van der Waals surface area contributed by atoms with Gasteiger partial charge < -0.3 is 15.6 Å². The first-order valence-corrected chi connectivity index (χ1v) is 4.45. The molecule has 1 aliphatic heterocycles. The highest BCUT2D eigenvalue weighted by Crippen LogP contribution is 2.33. The van der Waals surface area contributed by atoms with Crippen LogP contribution in [0, 0.1) is 0 Å². The van der Waals surface area contributed by atoms with Gasteiger partial charge >= 0.3 is 0 Å². The summed E-state index contributed by atoms with van der Waals surface area (Å²) in [5.74, 6) is 0.761. The van der Waals surface area contributed by atoms with Crippen molar-refractivity contribution >= 4 is 0 Å². The maximum absolute atomic E-state index is 9.73. The van der Waals surface area contributed by atoms with Crippen LogP contribution in [0.5, 0.6) is 5.75 Å². The van der Waals surface area contributed by atoms with E-state index in [-0.39, 0.29) is 6.10 Å². The van der Waals surface area contributed by atoms with Crippen LogP contribution in [0.3, 0.4) is 0 Å². The molecule has 2 rings (SSSR count). The minimum atomic E-state index is -0.432. The van der Waals surface area contributed by atoms with Crippen LogP contribution >= 0.6 is 0 Å². The van der Waals surface area contributed by atoms with Crippen LogP contribution in [0.4, 0.5) is 0 Å². The van der Waals surface area contributed by atoms with Gasteiger partial charge in [0.15, 0.2) is 0 Å². The van der Waals surface area contributed by atoms with Crippen LogP contribution in [-0.2, 0) is 0 Å². The standard InChI is InChI=1S/C10H13NO2/c11-6-7-5-9(12)8-3-1-2-4-10(8)13-7/h1-4,7,9,12H,5-6,11H2/t7?,9-/m1/s1. The molecule has 13 heavy (non-hydrogen) atoms. The first kappa shape index (κ1) is 8.53. The summed E-state index contributed by atoms with van der Waals surface area (Å²) in [7, 11) is 0. The Labute approximate surface area is 77.1 Å². The topological polar surface area (TPSA) is 55.5 Å². The molecule has 3 heteroatoms. The summed E-state index contributed by atoms with van der Waals surface area (Å²) in [6.07, 6.45) is 0.108. The van der Waals surface area contributed by atoms with E-state index >= 15 is 0 Å². The van der Waals surface area contributed by atoms with Crippen LogP contribution < -0.4 is 10.5 Å². The van der Waals surface area contributed by atoms with E-state index in [2.05, 4.69) is 0 Å². The Bertz CT molecular complexity index is 301. The van der Waals surface area contributed by atoms with E-state index in [4.69, 9.17) is 10.5 Å². The molecule has 70 valence electrons. The fourth-order valence-corrected chi connectivity index (χ4v) is 1.61. The summed E-state index contributed by atoms with van der Waals surface area (Å²) in [5, 5.41) is 9.73. The molecule has 3 N–H and O–H groups in total. The molecule has 1 aromatic carbocycles.